The van der Waals surface area contributed by atoms with E-state index < -0.39 is 0 Å². The second-order valence-electron chi connectivity index (χ2n) is 4.45. The molecule has 1 N–H and O–H groups in total. The molecule has 98 valence electrons. The van der Waals surface area contributed by atoms with Gasteiger partial charge in [-0.05, 0) is 12.8 Å². The first kappa shape index (κ1) is 12.9. The summed E-state index contributed by atoms with van der Waals surface area (Å²) in [5.41, 5.74) is -0.385. The fourth-order valence-electron chi connectivity index (χ4n) is 2.15. The van der Waals surface area contributed by atoms with Gasteiger partial charge in [-0.1, -0.05) is 11.6 Å². The Balaban J connectivity index is 2.35. The monoisotopic (exact) mass is 270 g/mol. The Kier molecular flexibility index (Phi) is 3.56. The summed E-state index contributed by atoms with van der Waals surface area (Å²) in [5.74, 6) is 0.392. The van der Waals surface area contributed by atoms with Crippen LogP contribution in [0.5, 0.6) is 0 Å². The number of carbonyl (C=O) groups excluding carboxylic acids is 1. The molecule has 7 heteroatoms. The summed E-state index contributed by atoms with van der Waals surface area (Å²) in [6, 6.07) is -0.285. The summed E-state index contributed by atoms with van der Waals surface area (Å²) in [6.07, 6.45) is 2.94. The van der Waals surface area contributed by atoms with Crippen molar-refractivity contribution in [1.29, 1.82) is 0 Å². The summed E-state index contributed by atoms with van der Waals surface area (Å²) >= 11 is 5.95. The molecule has 1 fully saturated rings. The molecule has 1 aliphatic rings. The third kappa shape index (κ3) is 2.20. The molecule has 0 aliphatic carbocycles. The van der Waals surface area contributed by atoms with Gasteiger partial charge >= 0.3 is 0 Å². The van der Waals surface area contributed by atoms with Crippen LogP contribution in [0.1, 0.15) is 12.8 Å². The highest BCUT2D eigenvalue weighted by Crippen LogP contribution is 2.28. The summed E-state index contributed by atoms with van der Waals surface area (Å²) in [7, 11) is 3.43. The fourth-order valence-corrected chi connectivity index (χ4v) is 2.36. The van der Waals surface area contributed by atoms with Crippen molar-refractivity contribution in [1.82, 2.24) is 14.9 Å². The average Bonchev–Trinajstić information content (AvgIpc) is 2.80. The van der Waals surface area contributed by atoms with E-state index in [9.17, 15) is 9.59 Å². The molecule has 0 spiro atoms. The number of carbonyl (C=O) groups is 1. The quantitative estimate of drug-likeness (QED) is 0.849. The summed E-state index contributed by atoms with van der Waals surface area (Å²) in [4.78, 5) is 33.4. The molecular weight excluding hydrogens is 256 g/mol. The van der Waals surface area contributed by atoms with Crippen molar-refractivity contribution in [3.05, 3.63) is 21.7 Å². The second kappa shape index (κ2) is 4.97. The van der Waals surface area contributed by atoms with Crippen LogP contribution < -0.4 is 10.5 Å². The summed E-state index contributed by atoms with van der Waals surface area (Å²) in [6.45, 7) is 0.681. The predicted molar refractivity (Wildman–Crippen MR) is 68.9 cm³/mol. The molecule has 6 nitrogen and oxygen atoms in total. The number of amides is 1. The molecule has 0 bridgehead atoms. The van der Waals surface area contributed by atoms with E-state index in [0.29, 0.717) is 12.4 Å². The molecule has 1 aromatic heterocycles. The summed E-state index contributed by atoms with van der Waals surface area (Å²) in [5, 5.41) is 0.0379. The first-order chi connectivity index (χ1) is 8.52. The molecule has 1 saturated heterocycles. The van der Waals surface area contributed by atoms with Gasteiger partial charge in [-0.3, -0.25) is 9.59 Å². The number of nitrogens with zero attached hydrogens (tertiary/aromatic N) is 3. The van der Waals surface area contributed by atoms with Crippen molar-refractivity contribution in [3.63, 3.8) is 0 Å². The zero-order valence-electron chi connectivity index (χ0n) is 10.3. The lowest BCUT2D eigenvalue weighted by atomic mass is 10.2. The topological polar surface area (TPSA) is 69.3 Å². The predicted octanol–water partition coefficient (Wildman–Crippen LogP) is 0.480. The molecule has 0 radical (unpaired) electrons. The van der Waals surface area contributed by atoms with Gasteiger partial charge in [0, 0.05) is 20.6 Å². The van der Waals surface area contributed by atoms with Gasteiger partial charge in [0.05, 0.1) is 6.33 Å². The highest BCUT2D eigenvalue weighted by atomic mass is 35.5. The third-order valence-electron chi connectivity index (χ3n) is 3.03. The Hall–Kier alpha value is -1.56. The van der Waals surface area contributed by atoms with Crippen molar-refractivity contribution in [2.24, 2.45) is 0 Å². The Bertz CT molecular complexity index is 514. The highest BCUT2D eigenvalue weighted by Gasteiger charge is 2.34. The van der Waals surface area contributed by atoms with Crippen LogP contribution in [0.3, 0.4) is 0 Å². The van der Waals surface area contributed by atoms with Crippen LogP contribution in [-0.2, 0) is 4.79 Å². The van der Waals surface area contributed by atoms with Crippen LogP contribution in [0, 0.1) is 0 Å². The lowest BCUT2D eigenvalue weighted by Crippen LogP contribution is -2.43. The zero-order valence-corrected chi connectivity index (χ0v) is 11.1. The standard InChI is InChI=1S/C11H15ClN4O2/c1-15(2)11(18)7-4-3-5-16(7)9-8(12)10(17)14-6-13-9/h6-7H,3-5H2,1-2H3,(H,13,14,17). The third-order valence-corrected chi connectivity index (χ3v) is 3.37. The van der Waals surface area contributed by atoms with Crippen molar-refractivity contribution in [3.8, 4) is 0 Å². The Morgan fingerprint density at radius 3 is 3.00 bits per heavy atom. The minimum Gasteiger partial charge on any atom is -0.347 e. The molecule has 1 unspecified atom stereocenters. The number of aromatic amines is 1. The number of hydrogen-bond donors (Lipinski definition) is 1. The molecule has 1 amide bonds. The zero-order chi connectivity index (χ0) is 13.3. The molecule has 1 atom stereocenters. The molecule has 18 heavy (non-hydrogen) atoms. The van der Waals surface area contributed by atoms with E-state index in [-0.39, 0.29) is 22.5 Å². The SMILES string of the molecule is CN(C)C(=O)C1CCCN1c1nc[nH]c(=O)c1Cl. The number of rotatable bonds is 2. The van der Waals surface area contributed by atoms with Gasteiger partial charge in [0.15, 0.2) is 5.82 Å². The normalized spacial score (nSPS) is 19.1. The van der Waals surface area contributed by atoms with Crippen molar-refractivity contribution in [2.45, 2.75) is 18.9 Å². The number of nitrogens with one attached hydrogen (secondary N) is 1. The molecule has 1 aliphatic heterocycles. The van der Waals surface area contributed by atoms with E-state index in [4.69, 9.17) is 11.6 Å². The average molecular weight is 271 g/mol. The van der Waals surface area contributed by atoms with Crippen LogP contribution >= 0.6 is 11.6 Å². The van der Waals surface area contributed by atoms with Crippen LogP contribution in [0.4, 0.5) is 5.82 Å². The molecule has 0 aromatic carbocycles. The number of halogens is 1. The Morgan fingerprint density at radius 2 is 2.33 bits per heavy atom. The van der Waals surface area contributed by atoms with E-state index in [0.717, 1.165) is 12.8 Å². The fraction of sp³-hybridized carbons (Fsp3) is 0.545. The minimum atomic E-state index is -0.385. The van der Waals surface area contributed by atoms with E-state index in [1.54, 1.807) is 23.9 Å². The van der Waals surface area contributed by atoms with Crippen LogP contribution in [0.25, 0.3) is 0 Å². The van der Waals surface area contributed by atoms with Crippen molar-refractivity contribution in [2.75, 3.05) is 25.5 Å². The smallest absolute Gasteiger partial charge is 0.271 e. The van der Waals surface area contributed by atoms with Gasteiger partial charge in [0.25, 0.3) is 5.56 Å². The second-order valence-corrected chi connectivity index (χ2v) is 4.83. The van der Waals surface area contributed by atoms with Gasteiger partial charge in [-0.25, -0.2) is 4.98 Å². The van der Waals surface area contributed by atoms with Crippen LogP contribution in [-0.4, -0.2) is 47.5 Å². The van der Waals surface area contributed by atoms with E-state index in [2.05, 4.69) is 9.97 Å². The first-order valence-corrected chi connectivity index (χ1v) is 6.11. The first-order valence-electron chi connectivity index (χ1n) is 5.73. The van der Waals surface area contributed by atoms with Gasteiger partial charge in [-0.2, -0.15) is 0 Å². The molecule has 0 saturated carbocycles. The van der Waals surface area contributed by atoms with Gasteiger partial charge in [0.2, 0.25) is 5.91 Å². The highest BCUT2D eigenvalue weighted by molar-refractivity contribution is 6.32. The van der Waals surface area contributed by atoms with E-state index >= 15 is 0 Å². The van der Waals surface area contributed by atoms with E-state index in [1.807, 2.05) is 0 Å². The lowest BCUT2D eigenvalue weighted by Gasteiger charge is -2.27. The maximum absolute atomic E-state index is 12.1. The lowest BCUT2D eigenvalue weighted by molar-refractivity contribution is -0.129. The maximum atomic E-state index is 12.1. The molecular formula is C11H15ClN4O2. The number of H-pyrrole nitrogens is 1. The maximum Gasteiger partial charge on any atom is 0.271 e. The molecule has 1 aromatic rings. The molecule has 2 rings (SSSR count). The summed E-state index contributed by atoms with van der Waals surface area (Å²) < 4.78 is 0. The van der Waals surface area contributed by atoms with Crippen molar-refractivity contribution >= 4 is 23.3 Å². The number of anilines is 1. The van der Waals surface area contributed by atoms with E-state index in [1.165, 1.54) is 6.33 Å². The van der Waals surface area contributed by atoms with Crippen LogP contribution in [0.2, 0.25) is 5.02 Å². The molecule has 2 heterocycles. The van der Waals surface area contributed by atoms with Gasteiger partial charge < -0.3 is 14.8 Å². The largest absolute Gasteiger partial charge is 0.347 e. The Labute approximate surface area is 110 Å². The number of hydrogen-bond acceptors (Lipinski definition) is 4. The van der Waals surface area contributed by atoms with Gasteiger partial charge in [0.1, 0.15) is 11.1 Å². The minimum absolute atomic E-state index is 0.00523. The van der Waals surface area contributed by atoms with Gasteiger partial charge in [-0.15, -0.1) is 0 Å². The number of aromatic nitrogens is 2. The Morgan fingerprint density at radius 1 is 1.61 bits per heavy atom. The number of likely N-dealkylation sites (N-methyl/N-ethyl adjacent to an activating group) is 1. The van der Waals surface area contributed by atoms with Crippen LogP contribution in [0.15, 0.2) is 11.1 Å². The van der Waals surface area contributed by atoms with Crippen molar-refractivity contribution < 1.29 is 4.79 Å².